The lowest BCUT2D eigenvalue weighted by Gasteiger charge is -2.30. The van der Waals surface area contributed by atoms with Gasteiger partial charge in [0.25, 0.3) is 0 Å². The second-order valence-corrected chi connectivity index (χ2v) is 11.2. The zero-order valence-corrected chi connectivity index (χ0v) is 22.1. The van der Waals surface area contributed by atoms with Crippen molar-refractivity contribution in [3.05, 3.63) is 36.0 Å². The monoisotopic (exact) mass is 527 g/mol. The highest BCUT2D eigenvalue weighted by Crippen LogP contribution is 2.36. The van der Waals surface area contributed by atoms with Crippen molar-refractivity contribution in [1.82, 2.24) is 24.8 Å². The first-order chi connectivity index (χ1) is 18.1. The largest absolute Gasteiger partial charge is 0.444 e. The van der Waals surface area contributed by atoms with Crippen LogP contribution in [0.15, 0.2) is 24.4 Å². The molecule has 38 heavy (non-hydrogen) atoms. The van der Waals surface area contributed by atoms with Crippen molar-refractivity contribution in [2.75, 3.05) is 10.6 Å². The maximum atomic E-state index is 14.4. The molecular weight excluding hydrogens is 492 g/mol. The smallest absolute Gasteiger partial charge is 0.407 e. The minimum Gasteiger partial charge on any atom is -0.444 e. The average Bonchev–Trinajstić information content (AvgIpc) is 3.48. The van der Waals surface area contributed by atoms with Crippen molar-refractivity contribution in [3.8, 4) is 0 Å². The standard InChI is InChI=1S/C27H35F2N7O2/c1-27(2,3)38-26(37)32-18-11-9-17(10-12-18)31-24-30-15-22-23(35-24)36(19-6-4-5-7-19)25(34-22)33-21-13-8-16(28)14-20(21)29/h8,13-15,17-19H,4-7,9-12H2,1-3H3,(H,32,37)(H,33,34)(H,30,31,35)/t17-,18-. The topological polar surface area (TPSA) is 106 Å². The van der Waals surface area contributed by atoms with Gasteiger partial charge in [0, 0.05) is 24.2 Å². The zero-order valence-electron chi connectivity index (χ0n) is 22.1. The molecule has 2 aliphatic rings. The van der Waals surface area contributed by atoms with E-state index in [0.29, 0.717) is 23.1 Å². The van der Waals surface area contributed by atoms with Gasteiger partial charge in [0.15, 0.2) is 5.65 Å². The maximum Gasteiger partial charge on any atom is 0.407 e. The Bertz CT molecular complexity index is 1290. The minimum absolute atomic E-state index is 0.0792. The molecule has 5 rings (SSSR count). The normalized spacial score (nSPS) is 20.4. The van der Waals surface area contributed by atoms with Crippen molar-refractivity contribution < 1.29 is 18.3 Å². The number of aromatic nitrogens is 4. The van der Waals surface area contributed by atoms with Crippen LogP contribution in [0, 0.1) is 11.6 Å². The molecule has 204 valence electrons. The fourth-order valence-corrected chi connectivity index (χ4v) is 5.31. The van der Waals surface area contributed by atoms with Gasteiger partial charge >= 0.3 is 6.09 Å². The fraction of sp³-hybridized carbons (Fsp3) is 0.556. The molecular formula is C27H35F2N7O2. The lowest BCUT2D eigenvalue weighted by atomic mass is 9.91. The molecule has 1 amide bonds. The van der Waals surface area contributed by atoms with Crippen LogP contribution < -0.4 is 16.0 Å². The molecule has 3 N–H and O–H groups in total. The molecule has 0 unspecified atom stereocenters. The van der Waals surface area contributed by atoms with Gasteiger partial charge in [-0.2, -0.15) is 4.98 Å². The van der Waals surface area contributed by atoms with Gasteiger partial charge in [-0.3, -0.25) is 4.57 Å². The molecule has 0 radical (unpaired) electrons. The van der Waals surface area contributed by atoms with Crippen LogP contribution in [-0.2, 0) is 4.74 Å². The van der Waals surface area contributed by atoms with Gasteiger partial charge in [-0.25, -0.2) is 23.5 Å². The van der Waals surface area contributed by atoms with Gasteiger partial charge in [-0.1, -0.05) is 12.8 Å². The fourth-order valence-electron chi connectivity index (χ4n) is 5.31. The summed E-state index contributed by atoms with van der Waals surface area (Å²) in [7, 11) is 0. The average molecular weight is 528 g/mol. The Morgan fingerprint density at radius 2 is 1.74 bits per heavy atom. The summed E-state index contributed by atoms with van der Waals surface area (Å²) < 4.78 is 35.2. The quantitative estimate of drug-likeness (QED) is 0.350. The van der Waals surface area contributed by atoms with Crippen molar-refractivity contribution >= 4 is 34.8 Å². The Labute approximate surface area is 220 Å². The Kier molecular flexibility index (Phi) is 7.36. The van der Waals surface area contributed by atoms with Crippen LogP contribution in [0.3, 0.4) is 0 Å². The van der Waals surface area contributed by atoms with Crippen LogP contribution in [0.25, 0.3) is 11.2 Å². The van der Waals surface area contributed by atoms with Crippen LogP contribution in [0.1, 0.15) is 78.2 Å². The molecule has 11 heteroatoms. The van der Waals surface area contributed by atoms with Crippen LogP contribution >= 0.6 is 0 Å². The summed E-state index contributed by atoms with van der Waals surface area (Å²) in [5.41, 5.74) is 0.924. The number of hydrogen-bond donors (Lipinski definition) is 3. The third kappa shape index (κ3) is 6.14. The van der Waals surface area contributed by atoms with Gasteiger partial charge in [-0.05, 0) is 71.4 Å². The predicted molar refractivity (Wildman–Crippen MR) is 142 cm³/mol. The highest BCUT2D eigenvalue weighted by molar-refractivity contribution is 5.76. The highest BCUT2D eigenvalue weighted by atomic mass is 19.1. The minimum atomic E-state index is -0.680. The number of carbonyl (C=O) groups excluding carboxylic acids is 1. The molecule has 2 aliphatic carbocycles. The van der Waals surface area contributed by atoms with Crippen LogP contribution in [0.5, 0.6) is 0 Å². The van der Waals surface area contributed by atoms with Crippen LogP contribution in [0.2, 0.25) is 0 Å². The molecule has 9 nitrogen and oxygen atoms in total. The lowest BCUT2D eigenvalue weighted by Crippen LogP contribution is -2.42. The molecule has 0 atom stereocenters. The summed E-state index contributed by atoms with van der Waals surface area (Å²) in [6.45, 7) is 5.55. The number of halogens is 2. The van der Waals surface area contributed by atoms with Crippen LogP contribution in [0.4, 0.5) is 31.2 Å². The van der Waals surface area contributed by atoms with Crippen molar-refractivity contribution in [2.24, 2.45) is 0 Å². The van der Waals surface area contributed by atoms with E-state index >= 15 is 0 Å². The summed E-state index contributed by atoms with van der Waals surface area (Å²) in [4.78, 5) is 26.1. The number of nitrogens with zero attached hydrogens (tertiary/aromatic N) is 4. The molecule has 2 fully saturated rings. The number of amides is 1. The van der Waals surface area contributed by atoms with Gasteiger partial charge in [0.05, 0.1) is 11.9 Å². The van der Waals surface area contributed by atoms with Gasteiger partial charge in [0.2, 0.25) is 11.9 Å². The number of benzene rings is 1. The first-order valence-corrected chi connectivity index (χ1v) is 13.4. The van der Waals surface area contributed by atoms with E-state index in [-0.39, 0.29) is 29.9 Å². The second-order valence-electron chi connectivity index (χ2n) is 11.2. The van der Waals surface area contributed by atoms with Crippen LogP contribution in [-0.4, -0.2) is 43.3 Å². The number of carbonyl (C=O) groups is 1. The molecule has 2 aromatic heterocycles. The molecule has 0 saturated heterocycles. The summed E-state index contributed by atoms with van der Waals surface area (Å²) >= 11 is 0. The predicted octanol–water partition coefficient (Wildman–Crippen LogP) is 6.21. The number of nitrogens with one attached hydrogen (secondary N) is 3. The molecule has 0 aliphatic heterocycles. The molecule has 2 saturated carbocycles. The molecule has 0 bridgehead atoms. The van der Waals surface area contributed by atoms with E-state index in [0.717, 1.165) is 57.4 Å². The summed E-state index contributed by atoms with van der Waals surface area (Å²) in [5, 5.41) is 9.46. The first-order valence-electron chi connectivity index (χ1n) is 13.4. The number of anilines is 3. The second kappa shape index (κ2) is 10.7. The molecule has 0 spiro atoms. The van der Waals surface area contributed by atoms with Gasteiger partial charge in [0.1, 0.15) is 22.8 Å². The number of imidazole rings is 1. The van der Waals surface area contributed by atoms with E-state index in [1.54, 1.807) is 6.20 Å². The van der Waals surface area contributed by atoms with Crippen molar-refractivity contribution in [2.45, 2.75) is 95.9 Å². The number of hydrogen-bond acceptors (Lipinski definition) is 7. The van der Waals surface area contributed by atoms with E-state index in [2.05, 4.69) is 25.9 Å². The number of fused-ring (bicyclic) bond motifs is 1. The highest BCUT2D eigenvalue weighted by Gasteiger charge is 2.27. The summed E-state index contributed by atoms with van der Waals surface area (Å²) in [6.07, 6.45) is 8.84. The van der Waals surface area contributed by atoms with E-state index < -0.39 is 17.2 Å². The van der Waals surface area contributed by atoms with E-state index in [1.165, 1.54) is 12.1 Å². The number of alkyl carbamates (subject to hydrolysis) is 1. The van der Waals surface area contributed by atoms with E-state index in [1.807, 2.05) is 25.3 Å². The first kappa shape index (κ1) is 26.1. The third-order valence-electron chi connectivity index (χ3n) is 7.08. The molecule has 3 aromatic rings. The Balaban J connectivity index is 1.30. The van der Waals surface area contributed by atoms with Crippen molar-refractivity contribution in [3.63, 3.8) is 0 Å². The zero-order chi connectivity index (χ0) is 26.9. The van der Waals surface area contributed by atoms with Crippen molar-refractivity contribution in [1.29, 1.82) is 0 Å². The third-order valence-corrected chi connectivity index (χ3v) is 7.08. The van der Waals surface area contributed by atoms with Gasteiger partial charge in [-0.15, -0.1) is 0 Å². The SMILES string of the molecule is CC(C)(C)OC(=O)N[C@H]1CC[C@H](Nc2ncc3nc(Nc4ccc(F)cc4F)n(C4CCCC4)c3n2)CC1. The number of rotatable bonds is 6. The van der Waals surface area contributed by atoms with E-state index in [4.69, 9.17) is 9.72 Å². The number of ether oxygens (including phenoxy) is 1. The maximum absolute atomic E-state index is 14.4. The molecule has 1 aromatic carbocycles. The Morgan fingerprint density at radius 3 is 2.42 bits per heavy atom. The summed E-state index contributed by atoms with van der Waals surface area (Å²) in [5.74, 6) is -0.328. The summed E-state index contributed by atoms with van der Waals surface area (Å²) in [6, 6.07) is 3.88. The Morgan fingerprint density at radius 1 is 1.03 bits per heavy atom. The Hall–Kier alpha value is -3.50. The van der Waals surface area contributed by atoms with Gasteiger partial charge < -0.3 is 20.7 Å². The van der Waals surface area contributed by atoms with E-state index in [9.17, 15) is 13.6 Å². The lowest BCUT2D eigenvalue weighted by molar-refractivity contribution is 0.0492. The molecule has 2 heterocycles.